The average molecular weight is 488 g/mol. The third-order valence-corrected chi connectivity index (χ3v) is 6.72. The fraction of sp³-hybridized carbons (Fsp3) is 0.393. The van der Waals surface area contributed by atoms with Gasteiger partial charge in [-0.15, -0.1) is 0 Å². The Bertz CT molecular complexity index is 1460. The first-order chi connectivity index (χ1) is 17.1. The third kappa shape index (κ3) is 4.55. The minimum Gasteiger partial charge on any atom is -0.444 e. The lowest BCUT2D eigenvalue weighted by atomic mass is 10.1. The van der Waals surface area contributed by atoms with Crippen molar-refractivity contribution in [2.24, 2.45) is 14.1 Å². The van der Waals surface area contributed by atoms with Gasteiger partial charge in [0.25, 0.3) is 5.91 Å². The first-order valence-corrected chi connectivity index (χ1v) is 12.4. The van der Waals surface area contributed by atoms with Crippen LogP contribution in [0.2, 0.25) is 0 Å². The molecular formula is C28H33N5O3. The summed E-state index contributed by atoms with van der Waals surface area (Å²) in [5.41, 5.74) is 4.12. The maximum absolute atomic E-state index is 13.4. The number of fused-ring (bicyclic) bond motifs is 2. The maximum atomic E-state index is 13.4. The van der Waals surface area contributed by atoms with Gasteiger partial charge in [-0.05, 0) is 63.9 Å². The number of carbonyl (C=O) groups excluding carboxylic acids is 2. The first-order valence-electron chi connectivity index (χ1n) is 12.4. The van der Waals surface area contributed by atoms with Crippen LogP contribution in [0.5, 0.6) is 0 Å². The van der Waals surface area contributed by atoms with Gasteiger partial charge in [-0.1, -0.05) is 18.2 Å². The molecular weight excluding hydrogens is 454 g/mol. The summed E-state index contributed by atoms with van der Waals surface area (Å²) < 4.78 is 9.81. The topological polar surface area (TPSA) is 81.4 Å². The van der Waals surface area contributed by atoms with Gasteiger partial charge in [-0.3, -0.25) is 4.79 Å². The summed E-state index contributed by atoms with van der Waals surface area (Å²) in [6.07, 6.45) is 0.768. The van der Waals surface area contributed by atoms with E-state index < -0.39 is 6.09 Å². The molecule has 1 aliphatic heterocycles. The highest BCUT2D eigenvalue weighted by atomic mass is 16.6. The van der Waals surface area contributed by atoms with Gasteiger partial charge in [0.2, 0.25) is 0 Å². The lowest BCUT2D eigenvalue weighted by molar-refractivity contribution is 0.0323. The zero-order chi connectivity index (χ0) is 25.6. The quantitative estimate of drug-likeness (QED) is 0.447. The Labute approximate surface area is 210 Å². The fourth-order valence-electron chi connectivity index (χ4n) is 4.95. The average Bonchev–Trinajstić information content (AvgIpc) is 3.33. The minimum atomic E-state index is -0.447. The molecule has 1 fully saturated rings. The lowest BCUT2D eigenvalue weighted by Gasteiger charge is -2.33. The molecule has 8 nitrogen and oxygen atoms in total. The van der Waals surface area contributed by atoms with E-state index in [1.54, 1.807) is 4.90 Å². The van der Waals surface area contributed by atoms with Crippen molar-refractivity contribution >= 4 is 33.9 Å². The van der Waals surface area contributed by atoms with Crippen LogP contribution in [0.4, 0.5) is 4.79 Å². The SMILES string of the molecule is Cn1c(-c2nc3cc(C(=O)N4CCC[C@H](OC(=O)NC(C)(C)C)C4)ccc3n2C)cc2ccccc21. The molecule has 3 heterocycles. The van der Waals surface area contributed by atoms with E-state index in [4.69, 9.17) is 9.72 Å². The molecule has 2 amide bonds. The Hall–Kier alpha value is -3.81. The van der Waals surface area contributed by atoms with Crippen LogP contribution in [0, 0.1) is 0 Å². The number of nitrogens with zero attached hydrogens (tertiary/aromatic N) is 4. The molecule has 1 aliphatic rings. The molecule has 5 rings (SSSR count). The van der Waals surface area contributed by atoms with Gasteiger partial charge in [0.15, 0.2) is 5.82 Å². The molecule has 4 aromatic rings. The molecule has 36 heavy (non-hydrogen) atoms. The zero-order valence-electron chi connectivity index (χ0n) is 21.5. The second kappa shape index (κ2) is 9.00. The monoisotopic (exact) mass is 487 g/mol. The van der Waals surface area contributed by atoms with E-state index in [0.717, 1.165) is 46.3 Å². The van der Waals surface area contributed by atoms with Crippen LogP contribution in [-0.4, -0.2) is 55.8 Å². The number of piperidine rings is 1. The highest BCUT2D eigenvalue weighted by molar-refractivity contribution is 5.98. The number of alkyl carbamates (subject to hydrolysis) is 1. The van der Waals surface area contributed by atoms with Gasteiger partial charge in [0.05, 0.1) is 23.3 Å². The molecule has 188 valence electrons. The van der Waals surface area contributed by atoms with Crippen molar-refractivity contribution < 1.29 is 14.3 Å². The van der Waals surface area contributed by atoms with Crippen LogP contribution in [0.15, 0.2) is 48.5 Å². The molecule has 1 N–H and O–H groups in total. The smallest absolute Gasteiger partial charge is 0.407 e. The largest absolute Gasteiger partial charge is 0.444 e. The van der Waals surface area contributed by atoms with Crippen LogP contribution < -0.4 is 5.32 Å². The van der Waals surface area contributed by atoms with Crippen molar-refractivity contribution in [1.82, 2.24) is 24.3 Å². The molecule has 0 bridgehead atoms. The normalized spacial score (nSPS) is 16.5. The molecule has 2 aromatic carbocycles. The highest BCUT2D eigenvalue weighted by Gasteiger charge is 2.28. The molecule has 0 aliphatic carbocycles. The van der Waals surface area contributed by atoms with Gasteiger partial charge >= 0.3 is 6.09 Å². The number of benzene rings is 2. The van der Waals surface area contributed by atoms with Crippen molar-refractivity contribution in [3.63, 3.8) is 0 Å². The summed E-state index contributed by atoms with van der Waals surface area (Å²) >= 11 is 0. The Morgan fingerprint density at radius 3 is 2.56 bits per heavy atom. The molecule has 1 saturated heterocycles. The van der Waals surface area contributed by atoms with Crippen molar-refractivity contribution in [2.75, 3.05) is 13.1 Å². The summed E-state index contributed by atoms with van der Waals surface area (Å²) in [5.74, 6) is 0.780. The van der Waals surface area contributed by atoms with Crippen LogP contribution in [0.1, 0.15) is 44.0 Å². The zero-order valence-corrected chi connectivity index (χ0v) is 21.5. The fourth-order valence-corrected chi connectivity index (χ4v) is 4.95. The molecule has 0 spiro atoms. The summed E-state index contributed by atoms with van der Waals surface area (Å²) in [5, 5.41) is 3.98. The van der Waals surface area contributed by atoms with Gasteiger partial charge in [-0.2, -0.15) is 0 Å². The van der Waals surface area contributed by atoms with Crippen LogP contribution in [-0.2, 0) is 18.8 Å². The number of para-hydroxylation sites is 1. The predicted octanol–water partition coefficient (Wildman–Crippen LogP) is 4.86. The summed E-state index contributed by atoms with van der Waals surface area (Å²) in [6, 6.07) is 16.1. The van der Waals surface area contributed by atoms with Gasteiger partial charge in [0, 0.05) is 42.6 Å². The number of nitrogens with one attached hydrogen (secondary N) is 1. The molecule has 2 aromatic heterocycles. The number of likely N-dealkylation sites (tertiary alicyclic amines) is 1. The number of amides is 2. The second-order valence-corrected chi connectivity index (χ2v) is 10.6. The van der Waals surface area contributed by atoms with E-state index in [1.165, 1.54) is 0 Å². The number of carbonyl (C=O) groups is 2. The molecule has 8 heteroatoms. The standard InChI is InChI=1S/C28H33N5O3/c1-28(2,3)30-27(35)36-20-10-8-14-33(17-20)26(34)19-12-13-23-21(15-19)29-25(32(23)5)24-16-18-9-6-7-11-22(18)31(24)4/h6-7,9,11-13,15-16,20H,8,10,14,17H2,1-5H3,(H,30,35)/t20-/m0/s1. The van der Waals surface area contributed by atoms with E-state index in [0.29, 0.717) is 18.7 Å². The Balaban J connectivity index is 1.37. The van der Waals surface area contributed by atoms with E-state index in [1.807, 2.05) is 65.2 Å². The van der Waals surface area contributed by atoms with E-state index in [9.17, 15) is 9.59 Å². The number of hydrogen-bond acceptors (Lipinski definition) is 4. The van der Waals surface area contributed by atoms with E-state index >= 15 is 0 Å². The Morgan fingerprint density at radius 2 is 1.81 bits per heavy atom. The Morgan fingerprint density at radius 1 is 1.03 bits per heavy atom. The van der Waals surface area contributed by atoms with Crippen LogP contribution in [0.25, 0.3) is 33.5 Å². The maximum Gasteiger partial charge on any atom is 0.407 e. The van der Waals surface area contributed by atoms with E-state index in [-0.39, 0.29) is 17.6 Å². The number of aryl methyl sites for hydroxylation is 2. The van der Waals surface area contributed by atoms with Crippen LogP contribution >= 0.6 is 0 Å². The summed E-state index contributed by atoms with van der Waals surface area (Å²) in [6.45, 7) is 6.75. The summed E-state index contributed by atoms with van der Waals surface area (Å²) in [4.78, 5) is 32.3. The molecule has 0 unspecified atom stereocenters. The van der Waals surface area contributed by atoms with Gasteiger partial charge < -0.3 is 24.1 Å². The van der Waals surface area contributed by atoms with Crippen molar-refractivity contribution in [3.05, 3.63) is 54.1 Å². The number of aromatic nitrogens is 3. The van der Waals surface area contributed by atoms with Crippen molar-refractivity contribution in [1.29, 1.82) is 0 Å². The number of imidazole rings is 1. The van der Waals surface area contributed by atoms with Crippen LogP contribution in [0.3, 0.4) is 0 Å². The molecule has 0 radical (unpaired) electrons. The number of rotatable bonds is 3. The lowest BCUT2D eigenvalue weighted by Crippen LogP contribution is -2.47. The van der Waals surface area contributed by atoms with Gasteiger partial charge in [-0.25, -0.2) is 9.78 Å². The number of hydrogen-bond donors (Lipinski definition) is 1. The second-order valence-electron chi connectivity index (χ2n) is 10.6. The van der Waals surface area contributed by atoms with E-state index in [2.05, 4.69) is 32.7 Å². The Kier molecular flexibility index (Phi) is 5.98. The first kappa shape index (κ1) is 23.9. The predicted molar refractivity (Wildman–Crippen MR) is 141 cm³/mol. The molecule has 1 atom stereocenters. The minimum absolute atomic E-state index is 0.0711. The molecule has 0 saturated carbocycles. The highest BCUT2D eigenvalue weighted by Crippen LogP contribution is 2.29. The van der Waals surface area contributed by atoms with Crippen molar-refractivity contribution in [2.45, 2.75) is 45.3 Å². The van der Waals surface area contributed by atoms with Gasteiger partial charge in [0.1, 0.15) is 6.10 Å². The summed E-state index contributed by atoms with van der Waals surface area (Å²) in [7, 11) is 4.04. The number of ether oxygens (including phenoxy) is 1. The third-order valence-electron chi connectivity index (χ3n) is 6.72. The van der Waals surface area contributed by atoms with Crippen molar-refractivity contribution in [3.8, 4) is 11.5 Å².